The summed E-state index contributed by atoms with van der Waals surface area (Å²) in [6, 6.07) is 5.73. The molecule has 0 fully saturated rings. The second-order valence-electron chi connectivity index (χ2n) is 4.05. The SMILES string of the molecule is O[C@H]1CCc2cc(OCc3ncon3)ccc21. The lowest BCUT2D eigenvalue weighted by Gasteiger charge is -2.07. The van der Waals surface area contributed by atoms with E-state index in [4.69, 9.17) is 4.74 Å². The summed E-state index contributed by atoms with van der Waals surface area (Å²) >= 11 is 0. The number of aliphatic hydroxyl groups is 1. The maximum atomic E-state index is 9.68. The summed E-state index contributed by atoms with van der Waals surface area (Å²) in [7, 11) is 0. The molecule has 0 aliphatic heterocycles. The molecule has 17 heavy (non-hydrogen) atoms. The van der Waals surface area contributed by atoms with E-state index < -0.39 is 0 Å². The van der Waals surface area contributed by atoms with Crippen LogP contribution in [0.5, 0.6) is 5.75 Å². The number of ether oxygens (including phenoxy) is 1. The summed E-state index contributed by atoms with van der Waals surface area (Å²) in [4.78, 5) is 3.87. The van der Waals surface area contributed by atoms with Crippen molar-refractivity contribution in [3.63, 3.8) is 0 Å². The van der Waals surface area contributed by atoms with Crippen molar-refractivity contribution >= 4 is 0 Å². The molecule has 1 aliphatic rings. The Morgan fingerprint density at radius 1 is 1.47 bits per heavy atom. The largest absolute Gasteiger partial charge is 0.485 e. The first kappa shape index (κ1) is 10.3. The molecule has 88 valence electrons. The van der Waals surface area contributed by atoms with Crippen LogP contribution in [0.4, 0.5) is 0 Å². The third kappa shape index (κ3) is 2.01. The first-order valence-corrected chi connectivity index (χ1v) is 5.52. The van der Waals surface area contributed by atoms with E-state index >= 15 is 0 Å². The van der Waals surface area contributed by atoms with Gasteiger partial charge in [0.15, 0.2) is 6.61 Å². The Balaban J connectivity index is 1.72. The molecule has 0 amide bonds. The van der Waals surface area contributed by atoms with E-state index in [1.165, 1.54) is 6.39 Å². The number of benzene rings is 1. The number of fused-ring (bicyclic) bond motifs is 1. The van der Waals surface area contributed by atoms with Gasteiger partial charge in [-0.05, 0) is 36.1 Å². The molecular formula is C12H12N2O3. The van der Waals surface area contributed by atoms with Crippen molar-refractivity contribution in [3.05, 3.63) is 41.5 Å². The van der Waals surface area contributed by atoms with Gasteiger partial charge in [-0.25, -0.2) is 0 Å². The van der Waals surface area contributed by atoms with Crippen LogP contribution in [0, 0.1) is 0 Å². The Kier molecular flexibility index (Phi) is 2.53. The Morgan fingerprint density at radius 3 is 3.24 bits per heavy atom. The highest BCUT2D eigenvalue weighted by Gasteiger charge is 2.20. The van der Waals surface area contributed by atoms with E-state index in [9.17, 15) is 5.11 Å². The van der Waals surface area contributed by atoms with Crippen LogP contribution in [0.25, 0.3) is 0 Å². The third-order valence-electron chi connectivity index (χ3n) is 2.94. The molecule has 1 aromatic heterocycles. The summed E-state index contributed by atoms with van der Waals surface area (Å²) < 4.78 is 10.2. The number of nitrogens with zero attached hydrogens (tertiary/aromatic N) is 2. The summed E-state index contributed by atoms with van der Waals surface area (Å²) in [6.45, 7) is 0.290. The number of aryl methyl sites for hydroxylation is 1. The molecule has 1 heterocycles. The summed E-state index contributed by atoms with van der Waals surface area (Å²) in [5.41, 5.74) is 2.17. The molecule has 0 spiro atoms. The molecule has 0 unspecified atom stereocenters. The van der Waals surface area contributed by atoms with Crippen molar-refractivity contribution in [2.24, 2.45) is 0 Å². The highest BCUT2D eigenvalue weighted by atomic mass is 16.5. The fourth-order valence-electron chi connectivity index (χ4n) is 2.07. The van der Waals surface area contributed by atoms with Crippen molar-refractivity contribution in [1.82, 2.24) is 10.1 Å². The second-order valence-corrected chi connectivity index (χ2v) is 4.05. The monoisotopic (exact) mass is 232 g/mol. The molecule has 5 nitrogen and oxygen atoms in total. The van der Waals surface area contributed by atoms with E-state index in [1.807, 2.05) is 18.2 Å². The molecule has 1 N–H and O–H groups in total. The van der Waals surface area contributed by atoms with E-state index in [0.717, 1.165) is 29.7 Å². The number of hydrogen-bond donors (Lipinski definition) is 1. The maximum Gasteiger partial charge on any atom is 0.213 e. The number of aromatic nitrogens is 2. The lowest BCUT2D eigenvalue weighted by Crippen LogP contribution is -1.98. The van der Waals surface area contributed by atoms with Crippen molar-refractivity contribution < 1.29 is 14.4 Å². The summed E-state index contributed by atoms with van der Waals surface area (Å²) in [5.74, 6) is 1.29. The van der Waals surface area contributed by atoms with Crippen LogP contribution < -0.4 is 4.74 Å². The fourth-order valence-corrected chi connectivity index (χ4v) is 2.07. The number of hydrogen-bond acceptors (Lipinski definition) is 5. The van der Waals surface area contributed by atoms with Gasteiger partial charge in [-0.3, -0.25) is 0 Å². The zero-order valence-electron chi connectivity index (χ0n) is 9.17. The van der Waals surface area contributed by atoms with Crippen LogP contribution in [-0.2, 0) is 13.0 Å². The van der Waals surface area contributed by atoms with Crippen molar-refractivity contribution in [1.29, 1.82) is 0 Å². The minimum absolute atomic E-state index is 0.290. The van der Waals surface area contributed by atoms with Crippen molar-refractivity contribution in [3.8, 4) is 5.75 Å². The Labute approximate surface area is 98.0 Å². The average Bonchev–Trinajstić information content (AvgIpc) is 2.97. The van der Waals surface area contributed by atoms with Gasteiger partial charge in [0.05, 0.1) is 6.10 Å². The van der Waals surface area contributed by atoms with Crippen LogP contribution in [0.1, 0.15) is 29.5 Å². The summed E-state index contributed by atoms with van der Waals surface area (Å²) in [6.07, 6.45) is 2.65. The first-order chi connectivity index (χ1) is 8.33. The van der Waals surface area contributed by atoms with Gasteiger partial charge < -0.3 is 14.4 Å². The van der Waals surface area contributed by atoms with Gasteiger partial charge in [-0.15, -0.1) is 0 Å². The van der Waals surface area contributed by atoms with Gasteiger partial charge in [-0.2, -0.15) is 4.98 Å². The minimum Gasteiger partial charge on any atom is -0.485 e. The zero-order valence-corrected chi connectivity index (χ0v) is 9.17. The minimum atomic E-state index is -0.323. The van der Waals surface area contributed by atoms with E-state index in [0.29, 0.717) is 5.82 Å². The van der Waals surface area contributed by atoms with Gasteiger partial charge >= 0.3 is 0 Å². The molecule has 0 saturated carbocycles. The lowest BCUT2D eigenvalue weighted by atomic mass is 10.1. The topological polar surface area (TPSA) is 68.4 Å². The maximum absolute atomic E-state index is 9.68. The van der Waals surface area contributed by atoms with Gasteiger partial charge in [0, 0.05) is 0 Å². The zero-order chi connectivity index (χ0) is 11.7. The highest BCUT2D eigenvalue weighted by molar-refractivity contribution is 5.39. The van der Waals surface area contributed by atoms with Gasteiger partial charge in [0.25, 0.3) is 0 Å². The van der Waals surface area contributed by atoms with Crippen LogP contribution >= 0.6 is 0 Å². The van der Waals surface area contributed by atoms with Gasteiger partial charge in [0.1, 0.15) is 5.75 Å². The van der Waals surface area contributed by atoms with Crippen LogP contribution in [0.15, 0.2) is 29.1 Å². The predicted octanol–water partition coefficient (Wildman–Crippen LogP) is 1.63. The number of rotatable bonds is 3. The van der Waals surface area contributed by atoms with Gasteiger partial charge in [-0.1, -0.05) is 11.2 Å². The number of aliphatic hydroxyl groups excluding tert-OH is 1. The molecule has 2 aromatic rings. The summed E-state index contributed by atoms with van der Waals surface area (Å²) in [5, 5.41) is 13.3. The molecule has 0 saturated heterocycles. The quantitative estimate of drug-likeness (QED) is 0.871. The molecule has 0 bridgehead atoms. The highest BCUT2D eigenvalue weighted by Crippen LogP contribution is 2.33. The molecule has 0 radical (unpaired) electrons. The average molecular weight is 232 g/mol. The third-order valence-corrected chi connectivity index (χ3v) is 2.94. The molecule has 1 aliphatic carbocycles. The normalized spacial score (nSPS) is 18.1. The van der Waals surface area contributed by atoms with Crippen molar-refractivity contribution in [2.75, 3.05) is 0 Å². The Bertz CT molecular complexity index is 510. The molecular weight excluding hydrogens is 220 g/mol. The van der Waals surface area contributed by atoms with Crippen LogP contribution in [0.2, 0.25) is 0 Å². The molecule has 1 atom stereocenters. The standard InChI is InChI=1S/C12H12N2O3/c15-11-4-1-8-5-9(2-3-10(8)11)16-6-12-13-7-17-14-12/h2-3,5,7,11,15H,1,4,6H2/t11-/m0/s1. The smallest absolute Gasteiger partial charge is 0.213 e. The second kappa shape index (κ2) is 4.18. The Hall–Kier alpha value is -1.88. The molecule has 3 rings (SSSR count). The first-order valence-electron chi connectivity index (χ1n) is 5.52. The van der Waals surface area contributed by atoms with E-state index in [2.05, 4.69) is 14.7 Å². The van der Waals surface area contributed by atoms with E-state index in [-0.39, 0.29) is 12.7 Å². The predicted molar refractivity (Wildman–Crippen MR) is 58.4 cm³/mol. The fraction of sp³-hybridized carbons (Fsp3) is 0.333. The Morgan fingerprint density at radius 2 is 2.41 bits per heavy atom. The van der Waals surface area contributed by atoms with Gasteiger partial charge in [0.2, 0.25) is 12.2 Å². The van der Waals surface area contributed by atoms with Crippen LogP contribution in [0.3, 0.4) is 0 Å². The lowest BCUT2D eigenvalue weighted by molar-refractivity contribution is 0.180. The van der Waals surface area contributed by atoms with Crippen molar-refractivity contribution in [2.45, 2.75) is 25.6 Å². The molecule has 5 heteroatoms. The van der Waals surface area contributed by atoms with E-state index in [1.54, 1.807) is 0 Å². The van der Waals surface area contributed by atoms with Crippen LogP contribution in [-0.4, -0.2) is 15.2 Å². The molecule has 1 aromatic carbocycles.